The number of H-pyrrole nitrogens is 4. The van der Waals surface area contributed by atoms with Gasteiger partial charge < -0.3 is 61.6 Å². The van der Waals surface area contributed by atoms with Crippen LogP contribution in [0, 0.1) is 11.8 Å². The number of para-hydroxylation sites is 1. The molecule has 0 spiro atoms. The maximum absolute atomic E-state index is 12.7. The van der Waals surface area contributed by atoms with Gasteiger partial charge in [0.15, 0.2) is 41.1 Å². The number of hydrogen-bond acceptors (Lipinski definition) is 29. The predicted molar refractivity (Wildman–Crippen MR) is 378 cm³/mol. The standard InChI is InChI=1S/C18H18N4O5S2.C15H20N4O3S.C14H18N4O4S.C11H14N4O4S.2CH4/c1-2-9-8-11(27-18(28)26-10-6-4-3-5-7-10)15(25-9)22-13-12(29-17(22)24)14(23)21-16(19)20-13;1-4-9-6-8(5-7(2)3)13(22-9)19-11-10(23-15(19)21)12(20)18-14(16)17-11;1-6(2)3-7-4-8(5-19)22-12(7)18-10-9(23-14(18)21)11(20)17-13(15)16-10;1-2-4-3-5(16)9(19-4)15-7-6(20-11(15)18)8(17)14-10(12)13-7;;/h3-7,9,11,15H,2,8H2,1H3,(H3,19,20,21,23);8-9,13H,2,4-6H2,1,3H3,(H3,16,17,18,20);7-8,12,19H,1,3-5H2,2H3,(H3,15,16,17,20);4-5,9,16H,2-3H2,1H3,(H3,12,13,14,17);2*1H4/t9-,11-,15-;8-,9-,13-;7-,8+,12-;4-,5-,9-;;/m1111../s1. The van der Waals surface area contributed by atoms with Crippen molar-refractivity contribution in [1.29, 1.82) is 0 Å². The van der Waals surface area contributed by atoms with Crippen molar-refractivity contribution >= 4 is 128 Å². The van der Waals surface area contributed by atoms with E-state index in [-0.39, 0.29) is 132 Å². The lowest BCUT2D eigenvalue weighted by molar-refractivity contribution is -0.0364. The van der Waals surface area contributed by atoms with E-state index in [9.17, 15) is 48.6 Å². The van der Waals surface area contributed by atoms with Crippen molar-refractivity contribution in [3.8, 4) is 5.75 Å². The maximum Gasteiger partial charge on any atom is 0.358 e. The number of nitrogens with zero attached hydrogens (tertiary/aromatic N) is 8. The van der Waals surface area contributed by atoms with Gasteiger partial charge in [-0.3, -0.25) is 76.6 Å². The molecule has 12 heterocycles. The Hall–Kier alpha value is -8.37. The minimum Gasteiger partial charge on any atom is -0.448 e. The van der Waals surface area contributed by atoms with E-state index in [1.54, 1.807) is 12.1 Å². The Morgan fingerprint density at radius 1 is 0.546 bits per heavy atom. The minimum atomic E-state index is -0.824. The van der Waals surface area contributed by atoms with Gasteiger partial charge in [-0.05, 0) is 70.9 Å². The smallest absolute Gasteiger partial charge is 0.358 e. The number of aromatic nitrogens is 12. The molecule has 13 rings (SSSR count). The van der Waals surface area contributed by atoms with Crippen LogP contribution in [-0.4, -0.2) is 117 Å². The van der Waals surface area contributed by atoms with Crippen molar-refractivity contribution in [3.63, 3.8) is 0 Å². The van der Waals surface area contributed by atoms with E-state index in [1.165, 1.54) is 18.3 Å². The van der Waals surface area contributed by atoms with Crippen LogP contribution in [0.1, 0.15) is 132 Å². The first-order chi connectivity index (χ1) is 45.3. The molecular formula is C60H78N16O16S5. The first-order valence-corrected chi connectivity index (χ1v) is 33.7. The highest BCUT2D eigenvalue weighted by atomic mass is 32.1. The number of nitrogen functional groups attached to an aromatic ring is 4. The summed E-state index contributed by atoms with van der Waals surface area (Å²) in [7, 11) is 0. The van der Waals surface area contributed by atoms with Gasteiger partial charge in [-0.1, -0.05) is 110 Å². The van der Waals surface area contributed by atoms with Crippen molar-refractivity contribution in [2.24, 2.45) is 11.8 Å². The Morgan fingerprint density at radius 3 is 1.25 bits per heavy atom. The van der Waals surface area contributed by atoms with Crippen molar-refractivity contribution in [1.82, 2.24) is 58.1 Å². The molecule has 0 unspecified atom stereocenters. The molecule has 0 saturated carbocycles. The van der Waals surface area contributed by atoms with Crippen molar-refractivity contribution < 1.29 is 38.6 Å². The lowest BCUT2D eigenvalue weighted by atomic mass is 9.95. The summed E-state index contributed by atoms with van der Waals surface area (Å²) in [6.45, 7) is 17.6. The van der Waals surface area contributed by atoms with E-state index < -0.39 is 69.1 Å². The summed E-state index contributed by atoms with van der Waals surface area (Å²) in [5, 5.41) is 19.4. The Labute approximate surface area is 572 Å². The highest BCUT2D eigenvalue weighted by molar-refractivity contribution is 7.79. The number of anilines is 4. The molecule has 4 fully saturated rings. The second-order valence-corrected chi connectivity index (χ2v) is 27.2. The zero-order valence-electron chi connectivity index (χ0n) is 51.8. The third-order valence-electron chi connectivity index (χ3n) is 15.9. The van der Waals surface area contributed by atoms with E-state index in [0.717, 1.165) is 88.6 Å². The molecule has 97 heavy (non-hydrogen) atoms. The first kappa shape index (κ1) is 74.4. The number of ether oxygens (including phenoxy) is 6. The van der Waals surface area contributed by atoms with Gasteiger partial charge >= 0.3 is 24.7 Å². The van der Waals surface area contributed by atoms with Gasteiger partial charge in [0.1, 0.15) is 43.1 Å². The number of allylic oxidation sites excluding steroid dienone is 2. The van der Waals surface area contributed by atoms with Crippen LogP contribution in [0.4, 0.5) is 23.8 Å². The number of benzene rings is 1. The van der Waals surface area contributed by atoms with Gasteiger partial charge in [-0.2, -0.15) is 19.9 Å². The monoisotopic (exact) mass is 1440 g/mol. The molecule has 0 radical (unpaired) electrons. The minimum absolute atomic E-state index is 0. The maximum atomic E-state index is 12.7. The van der Waals surface area contributed by atoms with Crippen LogP contribution in [0.15, 0.2) is 93.0 Å². The van der Waals surface area contributed by atoms with Crippen LogP contribution >= 0.6 is 57.6 Å². The van der Waals surface area contributed by atoms with Gasteiger partial charge in [0, 0.05) is 36.9 Å². The Balaban J connectivity index is 0.000000165. The molecule has 8 aromatic heterocycles. The second kappa shape index (κ2) is 31.4. The molecule has 1 aromatic carbocycles. The van der Waals surface area contributed by atoms with Crippen molar-refractivity contribution in [3.05, 3.63) is 135 Å². The van der Waals surface area contributed by atoms with Crippen LogP contribution in [0.5, 0.6) is 5.75 Å². The predicted octanol–water partition coefficient (Wildman–Crippen LogP) is 5.83. The average Bonchev–Trinajstić information content (AvgIpc) is 1.64. The summed E-state index contributed by atoms with van der Waals surface area (Å²) in [5.74, 6) is 0.433. The van der Waals surface area contributed by atoms with E-state index in [2.05, 4.69) is 60.0 Å². The summed E-state index contributed by atoms with van der Waals surface area (Å²) in [6.07, 6.45) is 1.56. The third kappa shape index (κ3) is 16.1. The van der Waals surface area contributed by atoms with Crippen LogP contribution in [0.3, 0.4) is 0 Å². The molecule has 37 heteroatoms. The second-order valence-electron chi connectivity index (χ2n) is 23.0. The number of nitrogens with one attached hydrogen (secondary N) is 4. The summed E-state index contributed by atoms with van der Waals surface area (Å²) in [5.41, 5.74) is 23.5. The largest absolute Gasteiger partial charge is 0.448 e. The molecule has 12 atom stereocenters. The number of rotatable bonds is 14. The SMILES string of the molecule is C.C.C=C(C)C[C@@H]1C[C@@H](CC)O[C@H]1n1c(=O)sc2c(=O)[nH]c(N)nc21.C=C(C)C[C@@H]1C[C@@H](CO)O[C@H]1n1c(=O)sc2c(=O)[nH]c(N)nc21.CC[C@@H]1C[C@@H](O)[C@H](n2c(=O)sc3c(=O)[nH]c(N)nc32)O1.CC[C@@H]1C[C@@H](OC(=S)Oc2ccccc2)[C@H](n2c(=O)sc3c(=O)[nH]c(N)nc32)O1. The lowest BCUT2D eigenvalue weighted by Gasteiger charge is -2.21. The summed E-state index contributed by atoms with van der Waals surface area (Å²) in [6, 6.07) is 9.00. The quantitative estimate of drug-likeness (QED) is 0.0452. The van der Waals surface area contributed by atoms with Crippen molar-refractivity contribution in [2.45, 2.75) is 169 Å². The van der Waals surface area contributed by atoms with Crippen LogP contribution in [-0.2, 0) is 23.7 Å². The van der Waals surface area contributed by atoms with Gasteiger partial charge in [-0.15, -0.1) is 13.2 Å². The van der Waals surface area contributed by atoms with Gasteiger partial charge in [0.05, 0.1) is 31.0 Å². The summed E-state index contributed by atoms with van der Waals surface area (Å²) < 4.78 is 41.2. The molecule has 0 bridgehead atoms. The van der Waals surface area contributed by atoms with Gasteiger partial charge in [0.25, 0.3) is 22.2 Å². The van der Waals surface area contributed by atoms with Crippen LogP contribution in [0.2, 0.25) is 0 Å². The van der Waals surface area contributed by atoms with E-state index in [4.69, 9.17) is 63.6 Å². The number of aliphatic hydroxyl groups is 2. The highest BCUT2D eigenvalue weighted by Crippen LogP contribution is 2.42. The molecule has 524 valence electrons. The van der Waals surface area contributed by atoms with Gasteiger partial charge in [-0.25, -0.2) is 0 Å². The Kier molecular flexibility index (Phi) is 24.1. The molecule has 9 aromatic rings. The van der Waals surface area contributed by atoms with E-state index in [0.29, 0.717) is 37.1 Å². The van der Waals surface area contributed by atoms with Gasteiger partial charge in [0.2, 0.25) is 23.8 Å². The molecular weight excluding hydrogens is 1360 g/mol. The average molecular weight is 1440 g/mol. The number of thiazole rings is 4. The molecule has 14 N–H and O–H groups in total. The number of nitrogens with two attached hydrogens (primary N) is 4. The molecule has 32 nitrogen and oxygen atoms in total. The highest BCUT2D eigenvalue weighted by Gasteiger charge is 2.43. The fourth-order valence-corrected chi connectivity index (χ4v) is 15.4. The van der Waals surface area contributed by atoms with Crippen LogP contribution < -0.4 is 69.4 Å². The lowest BCUT2D eigenvalue weighted by Crippen LogP contribution is -2.31. The number of hydrogen-bond donors (Lipinski definition) is 10. The van der Waals surface area contributed by atoms with Crippen LogP contribution in [0.25, 0.3) is 41.4 Å². The first-order valence-electron chi connectivity index (χ1n) is 30.0. The number of fused-ring (bicyclic) bond motifs is 4. The number of aromatic amines is 4. The zero-order valence-corrected chi connectivity index (χ0v) is 55.9. The number of thiocarbonyl (C=S) groups is 1. The molecule has 4 saturated heterocycles. The van der Waals surface area contributed by atoms with E-state index >= 15 is 0 Å². The fourth-order valence-electron chi connectivity index (χ4n) is 11.8. The summed E-state index contributed by atoms with van der Waals surface area (Å²) >= 11 is 8.46. The third-order valence-corrected chi connectivity index (χ3v) is 19.8. The Bertz CT molecular complexity index is 4710. The summed E-state index contributed by atoms with van der Waals surface area (Å²) in [4.78, 5) is 122. The molecule has 4 aliphatic heterocycles. The topological polar surface area (TPSA) is 471 Å². The molecule has 0 aliphatic carbocycles. The molecule has 4 aliphatic rings. The number of aliphatic hydroxyl groups excluding tert-OH is 2. The Morgan fingerprint density at radius 2 is 0.876 bits per heavy atom. The van der Waals surface area contributed by atoms with E-state index in [1.807, 2.05) is 45.9 Å². The molecule has 0 amide bonds. The zero-order chi connectivity index (χ0) is 68.4. The van der Waals surface area contributed by atoms with Crippen molar-refractivity contribution in [2.75, 3.05) is 29.5 Å². The normalized spacial score (nSPS) is 23.4. The fraction of sp³-hybridized carbons (Fsp3) is 0.483.